The second kappa shape index (κ2) is 5.30. The first-order chi connectivity index (χ1) is 6.94. The lowest BCUT2D eigenvalue weighted by molar-refractivity contribution is -0.133. The van der Waals surface area contributed by atoms with Gasteiger partial charge in [-0.2, -0.15) is 0 Å². The molecule has 1 aliphatic heterocycles. The first-order valence-electron chi connectivity index (χ1n) is 5.48. The van der Waals surface area contributed by atoms with Crippen LogP contribution in [-0.2, 0) is 9.53 Å². The van der Waals surface area contributed by atoms with Gasteiger partial charge in [0.2, 0.25) is 5.91 Å². The minimum Gasteiger partial charge on any atom is -0.365 e. The molecule has 1 fully saturated rings. The van der Waals surface area contributed by atoms with Crippen LogP contribution in [0.2, 0.25) is 0 Å². The SMILES string of the molecule is CC1CCC(C(=O)NC(C)(C)CCBr)O1. The van der Waals surface area contributed by atoms with Crippen molar-refractivity contribution in [2.24, 2.45) is 0 Å². The predicted octanol–water partition coefficient (Wildman–Crippen LogP) is 2.23. The molecule has 1 amide bonds. The van der Waals surface area contributed by atoms with E-state index in [0.29, 0.717) is 0 Å². The molecule has 4 heteroatoms. The second-order valence-electron chi connectivity index (χ2n) is 4.82. The molecule has 0 saturated carbocycles. The summed E-state index contributed by atoms with van der Waals surface area (Å²) in [6.45, 7) is 6.08. The van der Waals surface area contributed by atoms with Crippen LogP contribution < -0.4 is 5.32 Å². The van der Waals surface area contributed by atoms with Gasteiger partial charge < -0.3 is 10.1 Å². The molecule has 0 aromatic carbocycles. The molecular formula is C11H20BrNO2. The first kappa shape index (κ1) is 13.0. The summed E-state index contributed by atoms with van der Waals surface area (Å²) in [6, 6.07) is 0. The zero-order valence-corrected chi connectivity index (χ0v) is 11.3. The van der Waals surface area contributed by atoms with Crippen molar-refractivity contribution in [1.29, 1.82) is 0 Å². The third-order valence-corrected chi connectivity index (χ3v) is 3.10. The maximum Gasteiger partial charge on any atom is 0.249 e. The molecule has 2 unspecified atom stereocenters. The number of rotatable bonds is 4. The molecule has 1 saturated heterocycles. The average Bonchev–Trinajstić information content (AvgIpc) is 2.50. The number of halogens is 1. The molecule has 2 atom stereocenters. The molecule has 1 rings (SSSR count). The van der Waals surface area contributed by atoms with E-state index < -0.39 is 0 Å². The molecule has 1 aliphatic rings. The second-order valence-corrected chi connectivity index (χ2v) is 5.62. The summed E-state index contributed by atoms with van der Waals surface area (Å²) in [7, 11) is 0. The lowest BCUT2D eigenvalue weighted by Gasteiger charge is -2.27. The van der Waals surface area contributed by atoms with E-state index in [4.69, 9.17) is 4.74 Å². The Balaban J connectivity index is 2.41. The quantitative estimate of drug-likeness (QED) is 0.801. The van der Waals surface area contributed by atoms with Crippen LogP contribution in [0.5, 0.6) is 0 Å². The zero-order chi connectivity index (χ0) is 11.5. The highest BCUT2D eigenvalue weighted by Gasteiger charge is 2.31. The Bertz CT molecular complexity index is 231. The Labute approximate surface area is 100 Å². The van der Waals surface area contributed by atoms with Gasteiger partial charge in [0, 0.05) is 10.9 Å². The lowest BCUT2D eigenvalue weighted by atomic mass is 10.0. The largest absolute Gasteiger partial charge is 0.365 e. The summed E-state index contributed by atoms with van der Waals surface area (Å²) in [4.78, 5) is 11.8. The van der Waals surface area contributed by atoms with Crippen molar-refractivity contribution >= 4 is 21.8 Å². The van der Waals surface area contributed by atoms with Crippen molar-refractivity contribution < 1.29 is 9.53 Å². The fraction of sp³-hybridized carbons (Fsp3) is 0.909. The third kappa shape index (κ3) is 4.11. The van der Waals surface area contributed by atoms with Crippen LogP contribution in [0.4, 0.5) is 0 Å². The standard InChI is InChI=1S/C11H20BrNO2/c1-8-4-5-9(15-8)10(14)13-11(2,3)6-7-12/h8-9H,4-7H2,1-3H3,(H,13,14). The highest BCUT2D eigenvalue weighted by Crippen LogP contribution is 2.20. The molecule has 0 aromatic rings. The highest BCUT2D eigenvalue weighted by atomic mass is 79.9. The Morgan fingerprint density at radius 3 is 2.67 bits per heavy atom. The predicted molar refractivity (Wildman–Crippen MR) is 64.2 cm³/mol. The van der Waals surface area contributed by atoms with Gasteiger partial charge in [-0.3, -0.25) is 4.79 Å². The van der Waals surface area contributed by atoms with Gasteiger partial charge in [0.25, 0.3) is 0 Å². The molecule has 1 heterocycles. The summed E-state index contributed by atoms with van der Waals surface area (Å²) in [6.07, 6.45) is 2.73. The molecule has 0 spiro atoms. The van der Waals surface area contributed by atoms with Crippen molar-refractivity contribution in [3.05, 3.63) is 0 Å². The summed E-state index contributed by atoms with van der Waals surface area (Å²) in [5.41, 5.74) is -0.157. The molecule has 3 nitrogen and oxygen atoms in total. The minimum atomic E-state index is -0.241. The van der Waals surface area contributed by atoms with Gasteiger partial charge >= 0.3 is 0 Å². The fourth-order valence-corrected chi connectivity index (χ4v) is 2.70. The van der Waals surface area contributed by atoms with Crippen LogP contribution >= 0.6 is 15.9 Å². The molecule has 0 bridgehead atoms. The molecule has 1 N–H and O–H groups in total. The fourth-order valence-electron chi connectivity index (χ4n) is 1.71. The van der Waals surface area contributed by atoms with Crippen molar-refractivity contribution in [3.8, 4) is 0 Å². The average molecular weight is 278 g/mol. The Kier molecular flexibility index (Phi) is 4.59. The van der Waals surface area contributed by atoms with E-state index >= 15 is 0 Å². The summed E-state index contributed by atoms with van der Waals surface area (Å²) in [5.74, 6) is 0.0327. The van der Waals surface area contributed by atoms with Crippen molar-refractivity contribution in [2.45, 2.75) is 57.8 Å². The summed E-state index contributed by atoms with van der Waals surface area (Å²) < 4.78 is 5.52. The number of ether oxygens (including phenoxy) is 1. The van der Waals surface area contributed by atoms with Crippen LogP contribution in [-0.4, -0.2) is 29.0 Å². The Morgan fingerprint density at radius 2 is 2.20 bits per heavy atom. The van der Waals surface area contributed by atoms with E-state index in [1.165, 1.54) is 0 Å². The van der Waals surface area contributed by atoms with E-state index in [1.807, 2.05) is 20.8 Å². The first-order valence-corrected chi connectivity index (χ1v) is 6.60. The number of carbonyl (C=O) groups is 1. The summed E-state index contributed by atoms with van der Waals surface area (Å²) >= 11 is 3.39. The van der Waals surface area contributed by atoms with Crippen LogP contribution in [0.25, 0.3) is 0 Å². The van der Waals surface area contributed by atoms with Gasteiger partial charge in [-0.25, -0.2) is 0 Å². The molecule has 0 radical (unpaired) electrons. The van der Waals surface area contributed by atoms with E-state index in [9.17, 15) is 4.79 Å². The van der Waals surface area contributed by atoms with Crippen LogP contribution in [0, 0.1) is 0 Å². The maximum atomic E-state index is 11.8. The van der Waals surface area contributed by atoms with E-state index in [-0.39, 0.29) is 23.7 Å². The van der Waals surface area contributed by atoms with Gasteiger partial charge in [-0.05, 0) is 40.0 Å². The van der Waals surface area contributed by atoms with Crippen LogP contribution in [0.15, 0.2) is 0 Å². The Morgan fingerprint density at radius 1 is 1.53 bits per heavy atom. The van der Waals surface area contributed by atoms with Gasteiger partial charge in [-0.15, -0.1) is 0 Å². The normalized spacial score (nSPS) is 26.7. The number of carbonyl (C=O) groups excluding carboxylic acids is 1. The van der Waals surface area contributed by atoms with Crippen LogP contribution in [0.3, 0.4) is 0 Å². The van der Waals surface area contributed by atoms with E-state index in [1.54, 1.807) is 0 Å². The zero-order valence-electron chi connectivity index (χ0n) is 9.68. The molecule has 0 aliphatic carbocycles. The van der Waals surface area contributed by atoms with Crippen molar-refractivity contribution in [2.75, 3.05) is 5.33 Å². The number of amides is 1. The molecular weight excluding hydrogens is 258 g/mol. The van der Waals surface area contributed by atoms with Gasteiger partial charge in [0.05, 0.1) is 6.10 Å². The lowest BCUT2D eigenvalue weighted by Crippen LogP contribution is -2.48. The van der Waals surface area contributed by atoms with E-state index in [0.717, 1.165) is 24.6 Å². The molecule has 0 aromatic heterocycles. The van der Waals surface area contributed by atoms with Crippen molar-refractivity contribution in [3.63, 3.8) is 0 Å². The summed E-state index contributed by atoms with van der Waals surface area (Å²) in [5, 5.41) is 3.92. The smallest absolute Gasteiger partial charge is 0.249 e. The van der Waals surface area contributed by atoms with Crippen molar-refractivity contribution in [1.82, 2.24) is 5.32 Å². The monoisotopic (exact) mass is 277 g/mol. The molecule has 88 valence electrons. The van der Waals surface area contributed by atoms with Gasteiger partial charge in [0.1, 0.15) is 6.10 Å². The van der Waals surface area contributed by atoms with Crippen LogP contribution in [0.1, 0.15) is 40.0 Å². The molecule has 15 heavy (non-hydrogen) atoms. The number of hydrogen-bond acceptors (Lipinski definition) is 2. The number of alkyl halides is 1. The van der Waals surface area contributed by atoms with E-state index in [2.05, 4.69) is 21.2 Å². The van der Waals surface area contributed by atoms with Gasteiger partial charge in [-0.1, -0.05) is 15.9 Å². The Hall–Kier alpha value is -0.0900. The topological polar surface area (TPSA) is 38.3 Å². The number of nitrogens with one attached hydrogen (secondary N) is 1. The number of hydrogen-bond donors (Lipinski definition) is 1. The van der Waals surface area contributed by atoms with Gasteiger partial charge in [0.15, 0.2) is 0 Å². The maximum absolute atomic E-state index is 11.8. The highest BCUT2D eigenvalue weighted by molar-refractivity contribution is 9.09. The third-order valence-electron chi connectivity index (χ3n) is 2.71. The minimum absolute atomic E-state index is 0.0327.